The van der Waals surface area contributed by atoms with Crippen LogP contribution in [0.4, 0.5) is 11.8 Å². The van der Waals surface area contributed by atoms with Crippen LogP contribution in [0.25, 0.3) is 10.2 Å². The number of rotatable bonds is 6. The molecule has 0 fully saturated rings. The summed E-state index contributed by atoms with van der Waals surface area (Å²) in [5.41, 5.74) is 0. The zero-order valence-electron chi connectivity index (χ0n) is 12.2. The Hall–Kier alpha value is -1.36. The van der Waals surface area contributed by atoms with Gasteiger partial charge >= 0.3 is 0 Å². The van der Waals surface area contributed by atoms with Crippen molar-refractivity contribution in [3.63, 3.8) is 0 Å². The third kappa shape index (κ3) is 2.81. The molecule has 5 heteroatoms. The Morgan fingerprint density at radius 2 is 1.89 bits per heavy atom. The van der Waals surface area contributed by atoms with Crippen LogP contribution in [0.5, 0.6) is 0 Å². The van der Waals surface area contributed by atoms with Crippen LogP contribution in [0, 0.1) is 0 Å². The Balaban J connectivity index is 2.59. The molecule has 0 radical (unpaired) electrons. The molecule has 0 aliphatic heterocycles. The quantitative estimate of drug-likeness (QED) is 0.877. The van der Waals surface area contributed by atoms with Gasteiger partial charge in [0.25, 0.3) is 0 Å². The van der Waals surface area contributed by atoms with Gasteiger partial charge in [0.15, 0.2) is 0 Å². The van der Waals surface area contributed by atoms with Gasteiger partial charge in [0, 0.05) is 24.5 Å². The lowest BCUT2D eigenvalue weighted by atomic mass is 10.3. The molecule has 0 spiro atoms. The molecule has 0 aliphatic rings. The van der Waals surface area contributed by atoms with Crippen LogP contribution in [0.1, 0.15) is 32.6 Å². The van der Waals surface area contributed by atoms with Crippen LogP contribution < -0.4 is 10.2 Å². The molecule has 2 rings (SSSR count). The van der Waals surface area contributed by atoms with E-state index in [0.717, 1.165) is 42.7 Å². The molecule has 4 nitrogen and oxygen atoms in total. The van der Waals surface area contributed by atoms with Crippen LogP contribution in [0.15, 0.2) is 6.07 Å². The van der Waals surface area contributed by atoms with Gasteiger partial charge in [-0.2, -0.15) is 4.98 Å². The van der Waals surface area contributed by atoms with E-state index in [1.54, 1.807) is 11.3 Å². The standard InChI is InChI=1S/C14H22N4S/c1-5-10-9-11-12(18(7-3)8-4)16-14(15-6-2)17-13(11)19-10/h9H,5-8H2,1-4H3,(H,15,16,17). The van der Waals surface area contributed by atoms with Crippen molar-refractivity contribution in [2.75, 3.05) is 29.9 Å². The smallest absolute Gasteiger partial charge is 0.226 e. The van der Waals surface area contributed by atoms with E-state index in [2.05, 4.69) is 49.0 Å². The van der Waals surface area contributed by atoms with E-state index in [1.807, 2.05) is 0 Å². The second-order valence-electron chi connectivity index (χ2n) is 4.36. The van der Waals surface area contributed by atoms with E-state index in [4.69, 9.17) is 4.98 Å². The molecule has 0 saturated heterocycles. The van der Waals surface area contributed by atoms with Crippen LogP contribution in [0.3, 0.4) is 0 Å². The van der Waals surface area contributed by atoms with E-state index in [0.29, 0.717) is 0 Å². The number of fused-ring (bicyclic) bond motifs is 1. The fourth-order valence-electron chi connectivity index (χ4n) is 2.13. The first kappa shape index (κ1) is 14.1. The molecular formula is C14H22N4S. The van der Waals surface area contributed by atoms with Gasteiger partial charge in [-0.05, 0) is 33.3 Å². The maximum Gasteiger partial charge on any atom is 0.226 e. The van der Waals surface area contributed by atoms with Crippen LogP contribution in [0.2, 0.25) is 0 Å². The van der Waals surface area contributed by atoms with Crippen molar-refractivity contribution in [1.29, 1.82) is 0 Å². The third-order valence-corrected chi connectivity index (χ3v) is 4.34. The summed E-state index contributed by atoms with van der Waals surface area (Å²) in [6.45, 7) is 11.3. The highest BCUT2D eigenvalue weighted by Gasteiger charge is 2.14. The first-order valence-electron chi connectivity index (χ1n) is 7.02. The summed E-state index contributed by atoms with van der Waals surface area (Å²) < 4.78 is 0. The van der Waals surface area contributed by atoms with Crippen molar-refractivity contribution in [3.8, 4) is 0 Å². The summed E-state index contributed by atoms with van der Waals surface area (Å²) >= 11 is 1.77. The van der Waals surface area contributed by atoms with Crippen molar-refractivity contribution < 1.29 is 0 Å². The van der Waals surface area contributed by atoms with Crippen LogP contribution in [-0.2, 0) is 6.42 Å². The first-order chi connectivity index (χ1) is 9.23. The summed E-state index contributed by atoms with van der Waals surface area (Å²) in [7, 11) is 0. The number of nitrogens with one attached hydrogen (secondary N) is 1. The van der Waals surface area contributed by atoms with E-state index in [-0.39, 0.29) is 0 Å². The monoisotopic (exact) mass is 278 g/mol. The van der Waals surface area contributed by atoms with Crippen molar-refractivity contribution in [2.24, 2.45) is 0 Å². The second kappa shape index (κ2) is 6.19. The maximum absolute atomic E-state index is 4.69. The highest BCUT2D eigenvalue weighted by Crippen LogP contribution is 2.32. The topological polar surface area (TPSA) is 41.1 Å². The highest BCUT2D eigenvalue weighted by molar-refractivity contribution is 7.18. The van der Waals surface area contributed by atoms with Crippen molar-refractivity contribution in [2.45, 2.75) is 34.1 Å². The number of aryl methyl sites for hydroxylation is 1. The molecule has 1 N–H and O–H groups in total. The van der Waals surface area contributed by atoms with Crippen LogP contribution in [-0.4, -0.2) is 29.6 Å². The molecule has 0 aliphatic carbocycles. The highest BCUT2D eigenvalue weighted by atomic mass is 32.1. The molecule has 0 amide bonds. The Morgan fingerprint density at radius 1 is 1.16 bits per heavy atom. The molecule has 2 aromatic heterocycles. The minimum Gasteiger partial charge on any atom is -0.356 e. The van der Waals surface area contributed by atoms with E-state index < -0.39 is 0 Å². The average molecular weight is 278 g/mol. The predicted molar refractivity (Wildman–Crippen MR) is 84.5 cm³/mol. The summed E-state index contributed by atoms with van der Waals surface area (Å²) in [6.07, 6.45) is 1.05. The average Bonchev–Trinajstić information content (AvgIpc) is 2.83. The SMILES string of the molecule is CCNc1nc(N(CC)CC)c2cc(CC)sc2n1. The van der Waals surface area contributed by atoms with E-state index in [1.165, 1.54) is 10.3 Å². The van der Waals surface area contributed by atoms with Crippen molar-refractivity contribution in [1.82, 2.24) is 9.97 Å². The number of nitrogens with zero attached hydrogens (tertiary/aromatic N) is 3. The second-order valence-corrected chi connectivity index (χ2v) is 5.47. The molecule has 104 valence electrons. The molecular weight excluding hydrogens is 256 g/mol. The van der Waals surface area contributed by atoms with Gasteiger partial charge in [-0.3, -0.25) is 0 Å². The summed E-state index contributed by atoms with van der Waals surface area (Å²) in [6, 6.07) is 2.24. The Morgan fingerprint density at radius 3 is 2.47 bits per heavy atom. The Bertz CT molecular complexity index is 546. The third-order valence-electron chi connectivity index (χ3n) is 3.17. The Kier molecular flexibility index (Phi) is 4.58. The largest absolute Gasteiger partial charge is 0.356 e. The number of aromatic nitrogens is 2. The van der Waals surface area contributed by atoms with Crippen molar-refractivity contribution in [3.05, 3.63) is 10.9 Å². The maximum atomic E-state index is 4.69. The molecule has 2 aromatic rings. The predicted octanol–water partition coefficient (Wildman–Crippen LogP) is 3.53. The molecule has 0 atom stereocenters. The van der Waals surface area contributed by atoms with Gasteiger partial charge < -0.3 is 10.2 Å². The molecule has 0 unspecified atom stereocenters. The lowest BCUT2D eigenvalue weighted by Crippen LogP contribution is -2.23. The number of thiophene rings is 1. The zero-order valence-corrected chi connectivity index (χ0v) is 13.0. The van der Waals surface area contributed by atoms with Gasteiger partial charge in [0.1, 0.15) is 10.6 Å². The van der Waals surface area contributed by atoms with Gasteiger partial charge in [-0.15, -0.1) is 11.3 Å². The Labute approximate surface area is 118 Å². The fraction of sp³-hybridized carbons (Fsp3) is 0.571. The van der Waals surface area contributed by atoms with Gasteiger partial charge in [-0.1, -0.05) is 6.92 Å². The minimum absolute atomic E-state index is 0.737. The number of hydrogen-bond acceptors (Lipinski definition) is 5. The fourth-order valence-corrected chi connectivity index (χ4v) is 3.09. The minimum atomic E-state index is 0.737. The lowest BCUT2D eigenvalue weighted by Gasteiger charge is -2.21. The van der Waals surface area contributed by atoms with Crippen molar-refractivity contribution >= 4 is 33.3 Å². The first-order valence-corrected chi connectivity index (χ1v) is 7.84. The summed E-state index contributed by atoms with van der Waals surface area (Å²) in [5.74, 6) is 1.79. The van der Waals surface area contributed by atoms with Crippen LogP contribution >= 0.6 is 11.3 Å². The van der Waals surface area contributed by atoms with Gasteiger partial charge in [0.05, 0.1) is 5.39 Å². The number of hydrogen-bond donors (Lipinski definition) is 1. The molecule has 0 bridgehead atoms. The summed E-state index contributed by atoms with van der Waals surface area (Å²) in [5, 5.41) is 4.42. The van der Waals surface area contributed by atoms with E-state index in [9.17, 15) is 0 Å². The lowest BCUT2D eigenvalue weighted by molar-refractivity contribution is 0.849. The normalized spacial score (nSPS) is 10.9. The number of anilines is 2. The molecule has 2 heterocycles. The molecule has 19 heavy (non-hydrogen) atoms. The zero-order chi connectivity index (χ0) is 13.8. The van der Waals surface area contributed by atoms with Gasteiger partial charge in [-0.25, -0.2) is 4.98 Å². The van der Waals surface area contributed by atoms with Gasteiger partial charge in [0.2, 0.25) is 5.95 Å². The van der Waals surface area contributed by atoms with E-state index >= 15 is 0 Å². The molecule has 0 aromatic carbocycles. The summed E-state index contributed by atoms with van der Waals surface area (Å²) in [4.78, 5) is 14.0. The molecule has 0 saturated carbocycles.